The van der Waals surface area contributed by atoms with Gasteiger partial charge in [-0.3, -0.25) is 9.97 Å². The Morgan fingerprint density at radius 1 is 0.542 bits per heavy atom. The average molecular weight is 666 g/mol. The summed E-state index contributed by atoms with van der Waals surface area (Å²) >= 11 is 0. The summed E-state index contributed by atoms with van der Waals surface area (Å²) in [5.74, 6) is 3.38. The van der Waals surface area contributed by atoms with E-state index < -0.39 is 8.25 Å². The van der Waals surface area contributed by atoms with Crippen molar-refractivity contribution in [2.24, 2.45) is 0 Å². The number of anilines is 2. The SMILES string of the molecule is COc1cc2nccc(NCc3ccc(O[P+](=O)Oc4ccc(CNc5ccnc6cc(OC)c(OC)cc56)cc4)cc3)c2cc1OC. The van der Waals surface area contributed by atoms with E-state index in [9.17, 15) is 4.57 Å². The van der Waals surface area contributed by atoms with Gasteiger partial charge in [0, 0.05) is 64.3 Å². The normalized spacial score (nSPS) is 10.8. The van der Waals surface area contributed by atoms with Crippen molar-refractivity contribution in [2.45, 2.75) is 13.1 Å². The Balaban J connectivity index is 1.02. The van der Waals surface area contributed by atoms with E-state index in [1.165, 1.54) is 0 Å². The molecule has 0 atom stereocenters. The van der Waals surface area contributed by atoms with Crippen LogP contribution >= 0.6 is 8.25 Å². The molecule has 0 saturated heterocycles. The number of benzene rings is 4. The highest BCUT2D eigenvalue weighted by Crippen LogP contribution is 2.36. The summed E-state index contributed by atoms with van der Waals surface area (Å²) in [4.78, 5) is 8.90. The second-order valence-electron chi connectivity index (χ2n) is 10.6. The number of hydrogen-bond donors (Lipinski definition) is 2. The van der Waals surface area contributed by atoms with Crippen LogP contribution in [-0.4, -0.2) is 38.4 Å². The molecular weight excluding hydrogens is 631 g/mol. The smallest absolute Gasteiger partial charge is 0.493 e. The van der Waals surface area contributed by atoms with E-state index in [4.69, 9.17) is 28.0 Å². The van der Waals surface area contributed by atoms with E-state index >= 15 is 0 Å². The Morgan fingerprint density at radius 2 is 0.917 bits per heavy atom. The summed E-state index contributed by atoms with van der Waals surface area (Å²) in [5.41, 5.74) is 5.41. The monoisotopic (exact) mass is 665 g/mol. The number of hydrogen-bond acceptors (Lipinski definition) is 11. The number of methoxy groups -OCH3 is 4. The molecule has 48 heavy (non-hydrogen) atoms. The van der Waals surface area contributed by atoms with Crippen LogP contribution in [0.4, 0.5) is 11.4 Å². The Hall–Kier alpha value is -5.80. The number of nitrogens with one attached hydrogen (secondary N) is 2. The zero-order valence-corrected chi connectivity index (χ0v) is 27.7. The van der Waals surface area contributed by atoms with Crippen LogP contribution in [0.2, 0.25) is 0 Å². The molecule has 0 radical (unpaired) electrons. The second kappa shape index (κ2) is 14.7. The lowest BCUT2D eigenvalue weighted by Gasteiger charge is -2.13. The standard InChI is InChI=1S/C36H34N4O7P/c1-42-33-17-27-29(13-15-37-31(27)19-35(33)44-3)39-21-23-5-9-25(10-6-23)46-48(41)47-26-11-7-24(8-12-26)22-40-30-14-16-38-32-20-36(45-4)34(43-2)18-28(30)32/h5-20H,21-22H2,1-4H3,(H,37,39)(H,38,40)/q+1. The van der Waals surface area contributed by atoms with Crippen LogP contribution in [0.3, 0.4) is 0 Å². The summed E-state index contributed by atoms with van der Waals surface area (Å²) in [6.45, 7) is 1.11. The van der Waals surface area contributed by atoms with Crippen LogP contribution in [0.5, 0.6) is 34.5 Å². The van der Waals surface area contributed by atoms with Crippen LogP contribution in [-0.2, 0) is 17.7 Å². The molecule has 244 valence electrons. The van der Waals surface area contributed by atoms with Gasteiger partial charge in [-0.05, 0) is 59.7 Å². The Morgan fingerprint density at radius 3 is 1.29 bits per heavy atom. The highest BCUT2D eigenvalue weighted by Gasteiger charge is 2.24. The fourth-order valence-corrected chi connectivity index (χ4v) is 5.80. The minimum atomic E-state index is -2.44. The van der Waals surface area contributed by atoms with E-state index in [1.807, 2.05) is 60.7 Å². The predicted molar refractivity (Wildman–Crippen MR) is 186 cm³/mol. The summed E-state index contributed by atoms with van der Waals surface area (Å²) in [5, 5.41) is 8.73. The lowest BCUT2D eigenvalue weighted by Crippen LogP contribution is -2.01. The van der Waals surface area contributed by atoms with Crippen LogP contribution in [0.15, 0.2) is 97.3 Å². The quantitative estimate of drug-likeness (QED) is 0.110. The second-order valence-corrected chi connectivity index (χ2v) is 11.4. The number of rotatable bonds is 14. The zero-order valence-electron chi connectivity index (χ0n) is 26.9. The van der Waals surface area contributed by atoms with Gasteiger partial charge in [0.1, 0.15) is 0 Å². The van der Waals surface area contributed by atoms with Gasteiger partial charge in [0.2, 0.25) is 0 Å². The number of aromatic nitrogens is 2. The molecule has 0 aliphatic heterocycles. The molecule has 4 aromatic carbocycles. The average Bonchev–Trinajstić information content (AvgIpc) is 3.12. The van der Waals surface area contributed by atoms with Crippen molar-refractivity contribution >= 4 is 41.4 Å². The van der Waals surface area contributed by atoms with Gasteiger partial charge < -0.3 is 29.6 Å². The number of nitrogens with zero attached hydrogens (tertiary/aromatic N) is 2. The van der Waals surface area contributed by atoms with Crippen LogP contribution in [0.25, 0.3) is 21.8 Å². The third kappa shape index (κ3) is 7.27. The number of pyridine rings is 2. The summed E-state index contributed by atoms with van der Waals surface area (Å²) < 4.78 is 45.5. The maximum absolute atomic E-state index is 12.6. The van der Waals surface area contributed by atoms with Crippen molar-refractivity contribution in [1.29, 1.82) is 0 Å². The van der Waals surface area contributed by atoms with Crippen LogP contribution in [0, 0.1) is 0 Å². The first kappa shape index (κ1) is 32.2. The maximum atomic E-state index is 12.6. The fourth-order valence-electron chi connectivity index (χ4n) is 5.18. The van der Waals surface area contributed by atoms with Gasteiger partial charge in [-0.15, -0.1) is 0 Å². The molecule has 0 amide bonds. The molecule has 0 spiro atoms. The van der Waals surface area contributed by atoms with Crippen molar-refractivity contribution in [3.63, 3.8) is 0 Å². The molecule has 6 aromatic rings. The lowest BCUT2D eigenvalue weighted by molar-refractivity contribution is 0.356. The first-order chi connectivity index (χ1) is 23.5. The van der Waals surface area contributed by atoms with Crippen molar-refractivity contribution in [1.82, 2.24) is 9.97 Å². The van der Waals surface area contributed by atoms with Crippen molar-refractivity contribution in [2.75, 3.05) is 39.1 Å². The highest BCUT2D eigenvalue weighted by molar-refractivity contribution is 7.34. The molecule has 2 aromatic heterocycles. The van der Waals surface area contributed by atoms with Gasteiger partial charge in [0.25, 0.3) is 0 Å². The molecule has 6 rings (SSSR count). The fraction of sp³-hybridized carbons (Fsp3) is 0.167. The summed E-state index contributed by atoms with van der Waals surface area (Å²) in [6, 6.07) is 26.0. The van der Waals surface area contributed by atoms with E-state index in [0.29, 0.717) is 47.6 Å². The first-order valence-electron chi connectivity index (χ1n) is 15.0. The molecule has 0 unspecified atom stereocenters. The van der Waals surface area contributed by atoms with Gasteiger partial charge in [-0.25, -0.2) is 9.05 Å². The number of ether oxygens (including phenoxy) is 4. The van der Waals surface area contributed by atoms with E-state index in [2.05, 4.69) is 20.6 Å². The lowest BCUT2D eigenvalue weighted by atomic mass is 10.1. The van der Waals surface area contributed by atoms with E-state index in [0.717, 1.165) is 44.3 Å². The zero-order chi connectivity index (χ0) is 33.5. The molecule has 11 nitrogen and oxygen atoms in total. The Bertz CT molecular complexity index is 1910. The third-order valence-corrected chi connectivity index (χ3v) is 8.39. The molecule has 0 bridgehead atoms. The van der Waals surface area contributed by atoms with E-state index in [1.54, 1.807) is 65.1 Å². The summed E-state index contributed by atoms with van der Waals surface area (Å²) in [7, 11) is 3.97. The largest absolute Gasteiger partial charge is 0.805 e. The molecule has 0 aliphatic rings. The molecule has 12 heteroatoms. The van der Waals surface area contributed by atoms with Gasteiger partial charge in [0.05, 0.1) is 39.5 Å². The molecule has 2 N–H and O–H groups in total. The Labute approximate surface area is 278 Å². The molecular formula is C36H34N4O7P+. The van der Waals surface area contributed by atoms with E-state index in [-0.39, 0.29) is 0 Å². The topological polar surface area (TPSA) is 122 Å². The van der Waals surface area contributed by atoms with Gasteiger partial charge >= 0.3 is 8.25 Å². The van der Waals surface area contributed by atoms with Crippen molar-refractivity contribution in [3.05, 3.63) is 108 Å². The third-order valence-electron chi connectivity index (χ3n) is 7.67. The first-order valence-corrected chi connectivity index (χ1v) is 16.1. The van der Waals surface area contributed by atoms with Crippen LogP contribution < -0.4 is 38.6 Å². The maximum Gasteiger partial charge on any atom is 0.805 e. The van der Waals surface area contributed by atoms with Gasteiger partial charge in [0.15, 0.2) is 34.5 Å². The van der Waals surface area contributed by atoms with Gasteiger partial charge in [-0.2, -0.15) is 0 Å². The molecule has 0 aliphatic carbocycles. The molecule has 0 saturated carbocycles. The van der Waals surface area contributed by atoms with Crippen molar-refractivity contribution in [3.8, 4) is 34.5 Å². The number of fused-ring (bicyclic) bond motifs is 2. The molecule has 2 heterocycles. The predicted octanol–water partition coefficient (Wildman–Crippen LogP) is 8.16. The highest BCUT2D eigenvalue weighted by atomic mass is 31.1. The van der Waals surface area contributed by atoms with Crippen LogP contribution in [0.1, 0.15) is 11.1 Å². The Kier molecular flexibility index (Phi) is 9.88. The van der Waals surface area contributed by atoms with Gasteiger partial charge in [-0.1, -0.05) is 24.3 Å². The minimum absolute atomic E-state index is 0.436. The minimum Gasteiger partial charge on any atom is -0.493 e. The summed E-state index contributed by atoms with van der Waals surface area (Å²) in [6.07, 6.45) is 3.49. The van der Waals surface area contributed by atoms with Crippen molar-refractivity contribution < 1.29 is 32.6 Å². The molecule has 0 fully saturated rings.